The summed E-state index contributed by atoms with van der Waals surface area (Å²) in [6.45, 7) is 11.3. The number of carbonyl (C=O) groups is 3. The second-order valence-corrected chi connectivity index (χ2v) is 15.5. The van der Waals surface area contributed by atoms with Gasteiger partial charge >= 0.3 is 11.9 Å². The van der Waals surface area contributed by atoms with Crippen molar-refractivity contribution in [2.24, 2.45) is 17.8 Å². The Morgan fingerprint density at radius 1 is 1.10 bits per heavy atom. The van der Waals surface area contributed by atoms with Crippen LogP contribution in [0.3, 0.4) is 0 Å². The normalized spacial score (nSPS) is 35.0. The van der Waals surface area contributed by atoms with Crippen LogP contribution in [0.4, 0.5) is 0 Å². The summed E-state index contributed by atoms with van der Waals surface area (Å²) in [4.78, 5) is 38.7. The third-order valence-electron chi connectivity index (χ3n) is 11.1. The Kier molecular flexibility index (Phi) is 8.70. The van der Waals surface area contributed by atoms with E-state index in [-0.39, 0.29) is 36.9 Å². The molecule has 2 aromatic rings. The molecule has 0 spiro atoms. The zero-order chi connectivity index (χ0) is 35.8. The summed E-state index contributed by atoms with van der Waals surface area (Å²) < 4.78 is 38.1. The summed E-state index contributed by atoms with van der Waals surface area (Å²) >= 11 is 2.07. The van der Waals surface area contributed by atoms with Gasteiger partial charge in [0.1, 0.15) is 23.9 Å². The molecule has 264 valence electrons. The molecule has 7 rings (SSSR count). The number of hydrogen-bond acceptors (Lipinski definition) is 10. The van der Waals surface area contributed by atoms with Crippen LogP contribution < -0.4 is 9.47 Å². The van der Waals surface area contributed by atoms with Crippen LogP contribution in [0, 0.1) is 21.3 Å². The van der Waals surface area contributed by atoms with Gasteiger partial charge < -0.3 is 33.5 Å². The highest BCUT2D eigenvalue weighted by atomic mass is 127. The van der Waals surface area contributed by atoms with Gasteiger partial charge in [0.05, 0.1) is 25.6 Å². The van der Waals surface area contributed by atoms with Crippen LogP contribution in [0.2, 0.25) is 0 Å². The number of halogens is 1. The molecule has 2 aromatic carbocycles. The van der Waals surface area contributed by atoms with Gasteiger partial charge in [-0.25, -0.2) is 0 Å². The Labute approximate surface area is 304 Å². The fourth-order valence-electron chi connectivity index (χ4n) is 8.98. The van der Waals surface area contributed by atoms with Crippen LogP contribution in [0.5, 0.6) is 11.5 Å². The summed E-state index contributed by atoms with van der Waals surface area (Å²) in [6.07, 6.45) is 4.04. The first-order valence-electron chi connectivity index (χ1n) is 16.8. The van der Waals surface area contributed by atoms with Crippen LogP contribution in [0.15, 0.2) is 77.9 Å². The predicted octanol–water partition coefficient (Wildman–Crippen LogP) is 5.57. The number of rotatable bonds is 9. The van der Waals surface area contributed by atoms with Crippen molar-refractivity contribution in [1.29, 1.82) is 0 Å². The lowest BCUT2D eigenvalue weighted by molar-refractivity contribution is -0.421. The maximum absolute atomic E-state index is 13.9. The first-order chi connectivity index (χ1) is 23.7. The second-order valence-electron chi connectivity index (χ2n) is 14.4. The van der Waals surface area contributed by atoms with E-state index >= 15 is 0 Å². The number of Topliss-reactive ketones (excluding diaryl/α,β-unsaturated/α-hetero) is 1. The van der Waals surface area contributed by atoms with Crippen molar-refractivity contribution in [2.45, 2.75) is 82.3 Å². The third-order valence-corrected chi connectivity index (χ3v) is 12.1. The molecule has 50 heavy (non-hydrogen) atoms. The molecule has 2 aliphatic heterocycles. The maximum Gasteiger partial charge on any atom is 0.310 e. The molecule has 5 aliphatic rings. The van der Waals surface area contributed by atoms with Crippen molar-refractivity contribution in [2.75, 3.05) is 13.7 Å². The summed E-state index contributed by atoms with van der Waals surface area (Å²) in [5, 5.41) is 12.5. The Bertz CT molecular complexity index is 1850. The first-order valence-corrected chi connectivity index (χ1v) is 17.9. The van der Waals surface area contributed by atoms with Crippen LogP contribution in [0.25, 0.3) is 0 Å². The SMILES string of the molecule is C=C(C)[C@]12C[C@@H](C)[C@@]34OC(Cc5ccccc5)(O[C@H]1[C@@H]3C=C(COC(=O)Cc1cc(OC)c(OC(C)=O)cc1I)C[C@]1(O)C(=O)C(C)=C[C@@H]41)O2. The Hall–Kier alpha value is -3.36. The van der Waals surface area contributed by atoms with Gasteiger partial charge in [0.2, 0.25) is 0 Å². The Balaban J connectivity index is 1.23. The quantitative estimate of drug-likeness (QED) is 0.149. The number of aliphatic hydroxyl groups is 1. The molecule has 0 radical (unpaired) electrons. The van der Waals surface area contributed by atoms with Crippen LogP contribution >= 0.6 is 22.6 Å². The fraction of sp³-hybridized carbons (Fsp3) is 0.462. The fourth-order valence-corrected chi connectivity index (χ4v) is 9.60. The number of carbonyl (C=O) groups excluding carboxylic acids is 3. The molecule has 10 nitrogen and oxygen atoms in total. The molecule has 8 atom stereocenters. The zero-order valence-corrected chi connectivity index (χ0v) is 30.9. The molecule has 11 heteroatoms. The van der Waals surface area contributed by atoms with Gasteiger partial charge in [-0.05, 0) is 88.8 Å². The number of benzene rings is 2. The number of fused-ring (bicyclic) bond motifs is 2. The summed E-state index contributed by atoms with van der Waals surface area (Å²) in [5.41, 5.74) is -0.325. The molecule has 0 aromatic heterocycles. The molecular weight excluding hydrogens is 755 g/mol. The summed E-state index contributed by atoms with van der Waals surface area (Å²) in [6, 6.07) is 13.1. The molecular formula is C39H41IO10. The van der Waals surface area contributed by atoms with Gasteiger partial charge in [-0.2, -0.15) is 0 Å². The van der Waals surface area contributed by atoms with E-state index in [9.17, 15) is 19.5 Å². The first kappa shape index (κ1) is 35.1. The van der Waals surface area contributed by atoms with Crippen LogP contribution in [-0.4, -0.2) is 65.4 Å². The minimum atomic E-state index is -1.82. The lowest BCUT2D eigenvalue weighted by Crippen LogP contribution is -2.70. The van der Waals surface area contributed by atoms with Crippen LogP contribution in [-0.2, 0) is 46.2 Å². The Morgan fingerprint density at radius 2 is 1.84 bits per heavy atom. The topological polar surface area (TPSA) is 127 Å². The van der Waals surface area contributed by atoms with Crippen molar-refractivity contribution >= 4 is 40.3 Å². The van der Waals surface area contributed by atoms with Gasteiger partial charge in [-0.3, -0.25) is 14.4 Å². The zero-order valence-electron chi connectivity index (χ0n) is 28.7. The summed E-state index contributed by atoms with van der Waals surface area (Å²) in [7, 11) is 1.45. The molecule has 3 fully saturated rings. The molecule has 0 amide bonds. The van der Waals surface area contributed by atoms with E-state index in [4.69, 9.17) is 28.4 Å². The Morgan fingerprint density at radius 3 is 2.52 bits per heavy atom. The third kappa shape index (κ3) is 5.39. The molecule has 3 aliphatic carbocycles. The van der Waals surface area contributed by atoms with E-state index in [2.05, 4.69) is 36.1 Å². The van der Waals surface area contributed by atoms with E-state index in [1.165, 1.54) is 14.0 Å². The monoisotopic (exact) mass is 796 g/mol. The molecule has 2 heterocycles. The van der Waals surface area contributed by atoms with Crippen molar-refractivity contribution < 1.29 is 47.9 Å². The van der Waals surface area contributed by atoms with Crippen LogP contribution in [0.1, 0.15) is 51.7 Å². The number of ketones is 1. The highest BCUT2D eigenvalue weighted by Gasteiger charge is 2.79. The van der Waals surface area contributed by atoms with Gasteiger partial charge in [-0.1, -0.05) is 56.0 Å². The second kappa shape index (κ2) is 12.4. The van der Waals surface area contributed by atoms with Crippen molar-refractivity contribution in [1.82, 2.24) is 0 Å². The smallest absolute Gasteiger partial charge is 0.310 e. The molecule has 3 bridgehead atoms. The van der Waals surface area contributed by atoms with E-state index in [1.54, 1.807) is 19.1 Å². The highest BCUT2D eigenvalue weighted by molar-refractivity contribution is 14.1. The van der Waals surface area contributed by atoms with E-state index < -0.39 is 52.7 Å². The molecule has 1 N–H and O–H groups in total. The number of esters is 2. The van der Waals surface area contributed by atoms with Crippen molar-refractivity contribution in [3.63, 3.8) is 0 Å². The maximum atomic E-state index is 13.9. The molecule has 1 saturated carbocycles. The average Bonchev–Trinajstić information content (AvgIpc) is 3.36. The van der Waals surface area contributed by atoms with Crippen molar-refractivity contribution in [3.05, 3.63) is 92.6 Å². The number of hydrogen-bond donors (Lipinski definition) is 1. The minimum Gasteiger partial charge on any atom is -0.493 e. The van der Waals surface area contributed by atoms with Gasteiger partial charge in [0.25, 0.3) is 5.97 Å². The minimum absolute atomic E-state index is 0.0340. The lowest BCUT2D eigenvalue weighted by Gasteiger charge is -2.59. The highest BCUT2D eigenvalue weighted by Crippen LogP contribution is 2.68. The molecule has 1 unspecified atom stereocenters. The lowest BCUT2D eigenvalue weighted by atomic mass is 9.55. The van der Waals surface area contributed by atoms with Gasteiger partial charge in [0, 0.05) is 28.8 Å². The van der Waals surface area contributed by atoms with E-state index in [0.29, 0.717) is 38.9 Å². The number of ether oxygens (including phenoxy) is 6. The number of methoxy groups -OCH3 is 1. The summed E-state index contributed by atoms with van der Waals surface area (Å²) in [5.74, 6) is -3.62. The largest absolute Gasteiger partial charge is 0.493 e. The van der Waals surface area contributed by atoms with E-state index in [0.717, 1.165) is 11.1 Å². The standard InChI is InChI=1S/C39H41IO10/c1-21(2)37-17-23(4)39-28(35(37)48-38(49-37,50-39)19-25-10-8-7-9-11-25)13-26(18-36(44)32(39)12-22(3)34(36)43)20-46-33(42)15-27-14-30(45-6)31(16-29(27)40)47-24(5)41/h7-14,16,23,28,32,35,44H,1,15,17-20H2,2-6H3/t23-,28+,32-,35+,36-,37-,38?,39-/m1/s1. The van der Waals surface area contributed by atoms with E-state index in [1.807, 2.05) is 49.4 Å². The van der Waals surface area contributed by atoms with Gasteiger partial charge in [0.15, 0.2) is 17.3 Å². The van der Waals surface area contributed by atoms with Crippen molar-refractivity contribution in [3.8, 4) is 11.5 Å². The predicted molar refractivity (Wildman–Crippen MR) is 189 cm³/mol. The molecule has 2 saturated heterocycles. The average molecular weight is 797 g/mol. The van der Waals surface area contributed by atoms with Gasteiger partial charge in [-0.15, -0.1) is 0 Å².